The van der Waals surface area contributed by atoms with Gasteiger partial charge >= 0.3 is 36.3 Å². The molecule has 0 aromatic heterocycles. The molecule has 0 spiro atoms. The molecular formula is H5F4LiO2P. The molecule has 0 saturated heterocycles. The summed E-state index contributed by atoms with van der Waals surface area (Å²) >= 11 is 0. The van der Waals surface area contributed by atoms with Crippen molar-refractivity contribution in [1.82, 2.24) is 0 Å². The summed E-state index contributed by atoms with van der Waals surface area (Å²) in [5.41, 5.74) is 0. The first-order valence-corrected chi connectivity index (χ1v) is 1.10. The molecule has 2 nitrogen and oxygen atoms in total. The molecule has 0 saturated carbocycles. The molecule has 51 valence electrons. The topological polar surface area (TPSA) is 34.1 Å². The molecule has 0 rings (SSSR count). The van der Waals surface area contributed by atoms with E-state index in [1.165, 1.54) is 0 Å². The van der Waals surface area contributed by atoms with Crippen LogP contribution in [0.2, 0.25) is 0 Å². The number of rotatable bonds is 0. The molecule has 0 heterocycles. The third-order valence-electron chi connectivity index (χ3n) is 0. The van der Waals surface area contributed by atoms with Gasteiger partial charge in [0.05, 0.1) is 0 Å². The molecule has 1 radical (unpaired) electrons. The fourth-order valence-corrected chi connectivity index (χ4v) is 0. The molecule has 8 heteroatoms. The van der Waals surface area contributed by atoms with E-state index in [0.29, 0.717) is 0 Å². The second-order valence-corrected chi connectivity index (χ2v) is 0.224. The molecule has 0 aliphatic rings. The van der Waals surface area contributed by atoms with E-state index in [1.54, 1.807) is 0 Å². The number of hydrogen-bond donors (Lipinski definition) is 0. The second-order valence-electron chi connectivity index (χ2n) is 0.0745. The zero-order valence-corrected chi connectivity index (χ0v) is 3.79. The van der Waals surface area contributed by atoms with Crippen LogP contribution < -0.4 is 0 Å². The molecule has 0 aliphatic heterocycles. The first kappa shape index (κ1) is 81.8. The maximum atomic E-state index is 8.35. The van der Waals surface area contributed by atoms with Crippen molar-refractivity contribution in [2.24, 2.45) is 0 Å². The standard InChI is InChI=1S/4FH.Li.O2P.H/c;;;;;1-3-2;/h4*1H;;;. The van der Waals surface area contributed by atoms with Crippen molar-refractivity contribution in [2.75, 3.05) is 0 Å². The van der Waals surface area contributed by atoms with Crippen LogP contribution in [-0.2, 0) is 9.13 Å². The van der Waals surface area contributed by atoms with E-state index in [-0.39, 0.29) is 37.7 Å². The predicted octanol–water partition coefficient (Wildman–Crippen LogP) is 0.585. The molecule has 0 fully saturated rings. The van der Waals surface area contributed by atoms with Gasteiger partial charge in [0.15, 0.2) is 0 Å². The normalized spacial score (nSPS) is 1.00. The van der Waals surface area contributed by atoms with Gasteiger partial charge < -0.3 is 0 Å². The number of halogens is 4. The summed E-state index contributed by atoms with van der Waals surface area (Å²) in [5.74, 6) is 0. The molecule has 0 aromatic carbocycles. The molecule has 0 unspecified atom stereocenters. The Morgan fingerprint density at radius 2 is 0.750 bits per heavy atom. The SMILES string of the molecule is F.F.F.F.O=[P]=O.[LiH]. The van der Waals surface area contributed by atoms with Crippen LogP contribution in [-0.4, -0.2) is 18.9 Å². The summed E-state index contributed by atoms with van der Waals surface area (Å²) in [6.07, 6.45) is 0. The Labute approximate surface area is 55.9 Å². The van der Waals surface area contributed by atoms with E-state index >= 15 is 0 Å². The van der Waals surface area contributed by atoms with Gasteiger partial charge in [-0.1, -0.05) is 0 Å². The van der Waals surface area contributed by atoms with E-state index in [1.807, 2.05) is 0 Å². The van der Waals surface area contributed by atoms with Gasteiger partial charge in [-0.2, -0.15) is 0 Å². The summed E-state index contributed by atoms with van der Waals surface area (Å²) in [6.45, 7) is 0. The van der Waals surface area contributed by atoms with Crippen LogP contribution in [0.25, 0.3) is 0 Å². The van der Waals surface area contributed by atoms with Crippen LogP contribution in [0.1, 0.15) is 0 Å². The van der Waals surface area contributed by atoms with Gasteiger partial charge in [-0.25, -0.2) is 0 Å². The zero-order chi connectivity index (χ0) is 2.71. The van der Waals surface area contributed by atoms with Crippen molar-refractivity contribution >= 4 is 27.2 Å². The van der Waals surface area contributed by atoms with E-state index in [9.17, 15) is 0 Å². The molecule has 0 aliphatic carbocycles. The molecule has 8 heavy (non-hydrogen) atoms. The van der Waals surface area contributed by atoms with E-state index < -0.39 is 8.34 Å². The minimum absolute atomic E-state index is 0. The van der Waals surface area contributed by atoms with Gasteiger partial charge in [0.1, 0.15) is 0 Å². The van der Waals surface area contributed by atoms with E-state index in [4.69, 9.17) is 9.13 Å². The van der Waals surface area contributed by atoms with Crippen LogP contribution in [0, 0.1) is 0 Å². The Morgan fingerprint density at radius 3 is 0.750 bits per heavy atom. The van der Waals surface area contributed by atoms with Crippen LogP contribution in [0.15, 0.2) is 0 Å². The van der Waals surface area contributed by atoms with Crippen molar-refractivity contribution in [1.29, 1.82) is 0 Å². The van der Waals surface area contributed by atoms with Gasteiger partial charge in [-0.3, -0.25) is 18.8 Å². The third kappa shape index (κ3) is 1500. The quantitative estimate of drug-likeness (QED) is 0.288. The zero-order valence-electron chi connectivity index (χ0n) is 2.90. The molecular weight excluding hydrogens is 146 g/mol. The molecule has 0 amide bonds. The fourth-order valence-electron chi connectivity index (χ4n) is 0. The molecule has 0 atom stereocenters. The Morgan fingerprint density at radius 1 is 0.750 bits per heavy atom. The van der Waals surface area contributed by atoms with Gasteiger partial charge in [0, 0.05) is 0 Å². The Hall–Kier alpha value is 0.347. The molecule has 0 bridgehead atoms. The maximum absolute atomic E-state index is 8.35. The number of hydrogen-bond acceptors (Lipinski definition) is 2. The summed E-state index contributed by atoms with van der Waals surface area (Å²) in [5, 5.41) is 0. The summed E-state index contributed by atoms with van der Waals surface area (Å²) in [6, 6.07) is 0. The predicted molar refractivity (Wildman–Crippen MR) is 25.5 cm³/mol. The third-order valence-corrected chi connectivity index (χ3v) is 0. The summed E-state index contributed by atoms with van der Waals surface area (Å²) in [4.78, 5) is 0. The minimum atomic E-state index is -1.08. The van der Waals surface area contributed by atoms with Gasteiger partial charge in [-0.15, -0.1) is 0 Å². The van der Waals surface area contributed by atoms with Gasteiger partial charge in [-0.05, 0) is 0 Å². The van der Waals surface area contributed by atoms with Crippen molar-refractivity contribution in [3.63, 3.8) is 0 Å². The van der Waals surface area contributed by atoms with Crippen molar-refractivity contribution < 1.29 is 27.9 Å². The fraction of sp³-hybridized carbons (Fsp3) is 0. The van der Waals surface area contributed by atoms with Crippen molar-refractivity contribution in [3.05, 3.63) is 0 Å². The van der Waals surface area contributed by atoms with E-state index in [0.717, 1.165) is 0 Å². The first-order valence-electron chi connectivity index (χ1n) is 0.365. The van der Waals surface area contributed by atoms with Crippen LogP contribution in [0.3, 0.4) is 0 Å². The average molecular weight is 151 g/mol. The van der Waals surface area contributed by atoms with Crippen molar-refractivity contribution in [3.8, 4) is 0 Å². The Bertz CT molecular complexity index is 35.0. The van der Waals surface area contributed by atoms with Crippen molar-refractivity contribution in [2.45, 2.75) is 0 Å². The molecule has 0 aromatic rings. The van der Waals surface area contributed by atoms with Gasteiger partial charge in [0.25, 0.3) is 0 Å². The van der Waals surface area contributed by atoms with Crippen LogP contribution >= 0.6 is 8.34 Å². The van der Waals surface area contributed by atoms with Gasteiger partial charge in [0.2, 0.25) is 0 Å². The molecule has 0 N–H and O–H groups in total. The second kappa shape index (κ2) is 163. The van der Waals surface area contributed by atoms with E-state index in [2.05, 4.69) is 0 Å². The first-order chi connectivity index (χ1) is 1.41. The average Bonchev–Trinajstić information content (AvgIpc) is 0.918. The van der Waals surface area contributed by atoms with Crippen LogP contribution in [0.5, 0.6) is 0 Å². The Kier molecular flexibility index (Phi) is 1670. The van der Waals surface area contributed by atoms with Crippen LogP contribution in [0.4, 0.5) is 18.8 Å². The monoisotopic (exact) mass is 151 g/mol. The summed E-state index contributed by atoms with van der Waals surface area (Å²) in [7, 11) is -1.08. The Balaban J connectivity index is -0.00000000200. The summed E-state index contributed by atoms with van der Waals surface area (Å²) < 4.78 is 16.7.